The molecule has 5 heteroatoms. The van der Waals surface area contributed by atoms with Gasteiger partial charge in [0, 0.05) is 4.47 Å². The van der Waals surface area contributed by atoms with Gasteiger partial charge in [0.1, 0.15) is 5.69 Å². The fourth-order valence-electron chi connectivity index (χ4n) is 1.50. The average molecular weight is 296 g/mol. The van der Waals surface area contributed by atoms with Crippen molar-refractivity contribution in [2.45, 2.75) is 26.5 Å². The van der Waals surface area contributed by atoms with Crippen molar-refractivity contribution in [1.29, 1.82) is 0 Å². The third-order valence-electron chi connectivity index (χ3n) is 2.57. The fourth-order valence-corrected chi connectivity index (χ4v) is 1.93. The first-order chi connectivity index (χ1) is 8.06. The highest BCUT2D eigenvalue weighted by molar-refractivity contribution is 9.10. The van der Waals surface area contributed by atoms with E-state index in [1.165, 1.54) is 5.56 Å². The molecule has 0 saturated heterocycles. The summed E-state index contributed by atoms with van der Waals surface area (Å²) < 4.78 is 2.81. The third kappa shape index (κ3) is 2.92. The van der Waals surface area contributed by atoms with Crippen LogP contribution in [0.1, 0.15) is 29.8 Å². The van der Waals surface area contributed by atoms with Gasteiger partial charge < -0.3 is 5.11 Å². The Morgan fingerprint density at radius 1 is 1.47 bits per heavy atom. The second-order valence-corrected chi connectivity index (χ2v) is 4.95. The van der Waals surface area contributed by atoms with Crippen LogP contribution < -0.4 is 0 Å². The van der Waals surface area contributed by atoms with Crippen LogP contribution in [0.2, 0.25) is 0 Å². The lowest BCUT2D eigenvalue weighted by Crippen LogP contribution is -2.00. The smallest absolute Gasteiger partial charge is 0.111 e. The van der Waals surface area contributed by atoms with E-state index in [0.29, 0.717) is 12.2 Å². The molecule has 1 unspecified atom stereocenters. The average Bonchev–Trinajstić information content (AvgIpc) is 2.72. The van der Waals surface area contributed by atoms with Crippen molar-refractivity contribution < 1.29 is 5.11 Å². The predicted molar refractivity (Wildman–Crippen MR) is 68.6 cm³/mol. The van der Waals surface area contributed by atoms with E-state index in [4.69, 9.17) is 0 Å². The first-order valence-electron chi connectivity index (χ1n) is 5.39. The van der Waals surface area contributed by atoms with Crippen LogP contribution in [0.4, 0.5) is 0 Å². The van der Waals surface area contributed by atoms with Gasteiger partial charge in [-0.25, -0.2) is 4.68 Å². The maximum absolute atomic E-state index is 9.36. The second kappa shape index (κ2) is 4.98. The molecule has 0 amide bonds. The Hall–Kier alpha value is -1.20. The van der Waals surface area contributed by atoms with Gasteiger partial charge in [0.05, 0.1) is 18.8 Å². The predicted octanol–water partition coefficient (Wildman–Crippen LogP) is 2.45. The molecular weight excluding hydrogens is 282 g/mol. The number of rotatable bonds is 3. The zero-order valence-electron chi connectivity index (χ0n) is 9.76. The first-order valence-corrected chi connectivity index (χ1v) is 6.18. The molecule has 0 aliphatic rings. The van der Waals surface area contributed by atoms with Crippen molar-refractivity contribution in [3.05, 3.63) is 45.7 Å². The van der Waals surface area contributed by atoms with E-state index in [2.05, 4.69) is 51.4 Å². The van der Waals surface area contributed by atoms with E-state index in [9.17, 15) is 5.11 Å². The van der Waals surface area contributed by atoms with Gasteiger partial charge in [0.15, 0.2) is 0 Å². The molecule has 90 valence electrons. The molecule has 0 aliphatic carbocycles. The molecule has 0 fully saturated rings. The van der Waals surface area contributed by atoms with Crippen LogP contribution in [0.3, 0.4) is 0 Å². The summed E-state index contributed by atoms with van der Waals surface area (Å²) in [4.78, 5) is 0. The van der Waals surface area contributed by atoms with Crippen LogP contribution in [0.15, 0.2) is 28.9 Å². The quantitative estimate of drug-likeness (QED) is 0.946. The van der Waals surface area contributed by atoms with Crippen LogP contribution in [0, 0.1) is 6.92 Å². The van der Waals surface area contributed by atoms with Crippen LogP contribution >= 0.6 is 15.9 Å². The molecule has 0 spiro atoms. The molecule has 4 nitrogen and oxygen atoms in total. The van der Waals surface area contributed by atoms with Gasteiger partial charge in [-0.15, -0.1) is 5.10 Å². The molecule has 2 aromatic rings. The van der Waals surface area contributed by atoms with E-state index in [1.807, 2.05) is 0 Å². The number of nitrogens with zero attached hydrogens (tertiary/aromatic N) is 3. The van der Waals surface area contributed by atoms with E-state index in [-0.39, 0.29) is 0 Å². The summed E-state index contributed by atoms with van der Waals surface area (Å²) in [6.45, 7) is 4.38. The van der Waals surface area contributed by atoms with Crippen molar-refractivity contribution in [2.24, 2.45) is 0 Å². The summed E-state index contributed by atoms with van der Waals surface area (Å²) in [5.74, 6) is 0. The van der Waals surface area contributed by atoms with E-state index in [1.54, 1.807) is 17.8 Å². The molecule has 0 aliphatic heterocycles. The Bertz CT molecular complexity index is 522. The number of aromatic nitrogens is 3. The van der Waals surface area contributed by atoms with Crippen molar-refractivity contribution >= 4 is 15.9 Å². The summed E-state index contributed by atoms with van der Waals surface area (Å²) in [7, 11) is 0. The summed E-state index contributed by atoms with van der Waals surface area (Å²) in [5, 5.41) is 17.2. The lowest BCUT2D eigenvalue weighted by Gasteiger charge is -2.03. The zero-order valence-corrected chi connectivity index (χ0v) is 11.3. The number of aliphatic hydroxyl groups is 1. The van der Waals surface area contributed by atoms with Crippen LogP contribution in [-0.2, 0) is 6.54 Å². The molecule has 2 rings (SSSR count). The van der Waals surface area contributed by atoms with Gasteiger partial charge in [0.2, 0.25) is 0 Å². The van der Waals surface area contributed by atoms with Gasteiger partial charge in [-0.05, 0) is 31.0 Å². The number of hydrogen-bond acceptors (Lipinski definition) is 3. The van der Waals surface area contributed by atoms with E-state index in [0.717, 1.165) is 10.0 Å². The van der Waals surface area contributed by atoms with E-state index < -0.39 is 6.10 Å². The molecule has 0 radical (unpaired) electrons. The highest BCUT2D eigenvalue weighted by Crippen LogP contribution is 2.18. The SMILES string of the molecule is Cc1ccc(Cn2cc(C(C)O)nn2)cc1Br. The maximum atomic E-state index is 9.36. The molecule has 17 heavy (non-hydrogen) atoms. The molecule has 1 heterocycles. The minimum absolute atomic E-state index is 0.575. The minimum atomic E-state index is -0.575. The number of benzene rings is 1. The fraction of sp³-hybridized carbons (Fsp3) is 0.333. The number of aliphatic hydroxyl groups excluding tert-OH is 1. The van der Waals surface area contributed by atoms with Crippen molar-refractivity contribution in [2.75, 3.05) is 0 Å². The highest BCUT2D eigenvalue weighted by Gasteiger charge is 2.06. The molecular formula is C12H14BrN3O. The molecule has 0 saturated carbocycles. The number of aryl methyl sites for hydroxylation is 1. The summed E-state index contributed by atoms with van der Waals surface area (Å²) in [6.07, 6.45) is 1.19. The number of halogens is 1. The maximum Gasteiger partial charge on any atom is 0.111 e. The molecule has 1 N–H and O–H groups in total. The van der Waals surface area contributed by atoms with Gasteiger partial charge in [0.25, 0.3) is 0 Å². The van der Waals surface area contributed by atoms with Gasteiger partial charge in [-0.3, -0.25) is 0 Å². The lowest BCUT2D eigenvalue weighted by molar-refractivity contribution is 0.194. The van der Waals surface area contributed by atoms with Crippen LogP contribution in [0.5, 0.6) is 0 Å². The Labute approximate surface area is 108 Å². The number of hydrogen-bond donors (Lipinski definition) is 1. The van der Waals surface area contributed by atoms with Crippen molar-refractivity contribution in [3.63, 3.8) is 0 Å². The van der Waals surface area contributed by atoms with Crippen molar-refractivity contribution in [1.82, 2.24) is 15.0 Å². The molecule has 1 aromatic carbocycles. The molecule has 1 atom stereocenters. The summed E-state index contributed by atoms with van der Waals surface area (Å²) >= 11 is 3.50. The first kappa shape index (κ1) is 12.3. The van der Waals surface area contributed by atoms with Gasteiger partial charge in [-0.2, -0.15) is 0 Å². The van der Waals surface area contributed by atoms with Crippen LogP contribution in [-0.4, -0.2) is 20.1 Å². The monoisotopic (exact) mass is 295 g/mol. The molecule has 0 bridgehead atoms. The Morgan fingerprint density at radius 3 is 2.82 bits per heavy atom. The van der Waals surface area contributed by atoms with Crippen LogP contribution in [0.25, 0.3) is 0 Å². The Balaban J connectivity index is 2.16. The second-order valence-electron chi connectivity index (χ2n) is 4.10. The summed E-state index contributed by atoms with van der Waals surface area (Å²) in [5.41, 5.74) is 2.94. The zero-order chi connectivity index (χ0) is 12.4. The largest absolute Gasteiger partial charge is 0.387 e. The highest BCUT2D eigenvalue weighted by atomic mass is 79.9. The van der Waals surface area contributed by atoms with Crippen molar-refractivity contribution in [3.8, 4) is 0 Å². The Kier molecular flexibility index (Phi) is 3.59. The standard InChI is InChI=1S/C12H14BrN3O/c1-8-3-4-10(5-11(8)13)6-16-7-12(9(2)17)14-15-16/h3-5,7,9,17H,6H2,1-2H3. The third-order valence-corrected chi connectivity index (χ3v) is 3.42. The van der Waals surface area contributed by atoms with Gasteiger partial charge in [-0.1, -0.05) is 33.3 Å². The minimum Gasteiger partial charge on any atom is -0.387 e. The Morgan fingerprint density at radius 2 is 2.24 bits per heavy atom. The normalized spacial score (nSPS) is 12.7. The lowest BCUT2D eigenvalue weighted by atomic mass is 10.1. The van der Waals surface area contributed by atoms with Gasteiger partial charge >= 0.3 is 0 Å². The topological polar surface area (TPSA) is 50.9 Å². The van der Waals surface area contributed by atoms with E-state index >= 15 is 0 Å². The summed E-state index contributed by atoms with van der Waals surface area (Å²) in [6, 6.07) is 6.19. The molecule has 1 aromatic heterocycles.